The molecule has 1 N–H and O–H groups in total. The second-order valence-corrected chi connectivity index (χ2v) is 6.80. The molecule has 0 aliphatic carbocycles. The van der Waals surface area contributed by atoms with Crippen molar-refractivity contribution >= 4 is 27.7 Å². The number of rotatable bonds is 3. The van der Waals surface area contributed by atoms with Crippen molar-refractivity contribution in [3.8, 4) is 0 Å². The Labute approximate surface area is 136 Å². The van der Waals surface area contributed by atoms with E-state index in [9.17, 15) is 4.79 Å². The molecular formula is C15H16BrN3OS. The van der Waals surface area contributed by atoms with Crippen molar-refractivity contribution < 1.29 is 0 Å². The molecule has 1 aliphatic heterocycles. The molecule has 0 saturated carbocycles. The number of benzene rings is 1. The van der Waals surface area contributed by atoms with Crippen LogP contribution in [0.2, 0.25) is 0 Å². The van der Waals surface area contributed by atoms with Crippen LogP contribution in [0.4, 0.5) is 0 Å². The lowest BCUT2D eigenvalue weighted by Gasteiger charge is -2.27. The molecule has 4 nitrogen and oxygen atoms in total. The van der Waals surface area contributed by atoms with Crippen molar-refractivity contribution in [1.82, 2.24) is 14.9 Å². The second-order valence-electron chi connectivity index (χ2n) is 5.09. The van der Waals surface area contributed by atoms with E-state index in [1.54, 1.807) is 0 Å². The fourth-order valence-corrected chi connectivity index (χ4v) is 3.43. The molecule has 0 bridgehead atoms. The van der Waals surface area contributed by atoms with Crippen molar-refractivity contribution in [3.05, 3.63) is 55.9 Å². The number of fused-ring (bicyclic) bond motifs is 1. The van der Waals surface area contributed by atoms with Crippen LogP contribution >= 0.6 is 27.7 Å². The molecule has 0 radical (unpaired) electrons. The van der Waals surface area contributed by atoms with Gasteiger partial charge in [0.25, 0.3) is 5.56 Å². The number of H-pyrrole nitrogens is 1. The molecule has 1 aromatic heterocycles. The smallest absolute Gasteiger partial charge is 0.256 e. The van der Waals surface area contributed by atoms with Gasteiger partial charge in [0, 0.05) is 30.5 Å². The monoisotopic (exact) mass is 365 g/mol. The summed E-state index contributed by atoms with van der Waals surface area (Å²) in [5.74, 6) is 0. The molecule has 21 heavy (non-hydrogen) atoms. The van der Waals surface area contributed by atoms with E-state index >= 15 is 0 Å². The Morgan fingerprint density at radius 2 is 2.33 bits per heavy atom. The maximum atomic E-state index is 12.2. The van der Waals surface area contributed by atoms with Crippen molar-refractivity contribution in [3.63, 3.8) is 0 Å². The predicted octanol–water partition coefficient (Wildman–Crippen LogP) is 2.81. The lowest BCUT2D eigenvalue weighted by molar-refractivity contribution is 0.241. The standard InChI is InChI=1S/C15H16BrN3OS/c1-21-15-17-13-5-6-19(9-12(13)14(20)18-15)8-10-3-2-4-11(16)7-10/h2-4,7H,5-6,8-9H2,1H3,(H,17,18,20). The van der Waals surface area contributed by atoms with Crippen molar-refractivity contribution in [2.75, 3.05) is 12.8 Å². The topological polar surface area (TPSA) is 49.0 Å². The van der Waals surface area contributed by atoms with Crippen LogP contribution < -0.4 is 5.56 Å². The number of nitrogens with one attached hydrogen (secondary N) is 1. The van der Waals surface area contributed by atoms with Gasteiger partial charge in [-0.05, 0) is 24.0 Å². The molecular weight excluding hydrogens is 350 g/mol. The first kappa shape index (κ1) is 14.8. The zero-order valence-corrected chi connectivity index (χ0v) is 14.1. The number of aromatic nitrogens is 2. The summed E-state index contributed by atoms with van der Waals surface area (Å²) in [6.07, 6.45) is 2.76. The van der Waals surface area contributed by atoms with Gasteiger partial charge in [-0.1, -0.05) is 39.8 Å². The molecule has 110 valence electrons. The van der Waals surface area contributed by atoms with Crippen LogP contribution in [0.25, 0.3) is 0 Å². The van der Waals surface area contributed by atoms with E-state index in [-0.39, 0.29) is 5.56 Å². The van der Waals surface area contributed by atoms with Crippen molar-refractivity contribution in [2.24, 2.45) is 0 Å². The van der Waals surface area contributed by atoms with Crippen LogP contribution in [-0.4, -0.2) is 27.7 Å². The predicted molar refractivity (Wildman–Crippen MR) is 88.6 cm³/mol. The fraction of sp³-hybridized carbons (Fsp3) is 0.333. The van der Waals surface area contributed by atoms with Gasteiger partial charge in [0.05, 0.1) is 11.3 Å². The average Bonchev–Trinajstić information content (AvgIpc) is 2.47. The van der Waals surface area contributed by atoms with Gasteiger partial charge in [-0.3, -0.25) is 9.69 Å². The number of hydrogen-bond acceptors (Lipinski definition) is 4. The quantitative estimate of drug-likeness (QED) is 0.671. The highest BCUT2D eigenvalue weighted by molar-refractivity contribution is 9.10. The van der Waals surface area contributed by atoms with E-state index in [4.69, 9.17) is 0 Å². The Morgan fingerprint density at radius 1 is 1.48 bits per heavy atom. The SMILES string of the molecule is CSc1nc2c(c(=O)[nH]1)CN(Cc1cccc(Br)c1)CC2. The van der Waals surface area contributed by atoms with Gasteiger partial charge in [0.15, 0.2) is 5.16 Å². The first-order chi connectivity index (χ1) is 10.2. The van der Waals surface area contributed by atoms with Gasteiger partial charge in [0.1, 0.15) is 0 Å². The molecule has 0 atom stereocenters. The highest BCUT2D eigenvalue weighted by atomic mass is 79.9. The number of thioether (sulfide) groups is 1. The zero-order chi connectivity index (χ0) is 14.8. The molecule has 0 fully saturated rings. The molecule has 1 aromatic carbocycles. The number of halogens is 1. The first-order valence-corrected chi connectivity index (χ1v) is 8.80. The molecule has 3 rings (SSSR count). The van der Waals surface area contributed by atoms with Crippen molar-refractivity contribution in [1.29, 1.82) is 0 Å². The Balaban J connectivity index is 1.80. The molecule has 1 aliphatic rings. The number of hydrogen-bond donors (Lipinski definition) is 1. The molecule has 0 amide bonds. The van der Waals surface area contributed by atoms with Gasteiger partial charge in [-0.2, -0.15) is 0 Å². The van der Waals surface area contributed by atoms with Gasteiger partial charge >= 0.3 is 0 Å². The Morgan fingerprint density at radius 3 is 3.10 bits per heavy atom. The third-order valence-corrected chi connectivity index (χ3v) is 4.69. The zero-order valence-electron chi connectivity index (χ0n) is 11.7. The number of aromatic amines is 1. The van der Waals surface area contributed by atoms with E-state index in [0.717, 1.165) is 35.2 Å². The summed E-state index contributed by atoms with van der Waals surface area (Å²) in [5.41, 5.74) is 3.02. The summed E-state index contributed by atoms with van der Waals surface area (Å²) < 4.78 is 1.08. The summed E-state index contributed by atoms with van der Waals surface area (Å²) in [5, 5.41) is 0.708. The molecule has 0 spiro atoms. The maximum Gasteiger partial charge on any atom is 0.256 e. The van der Waals surface area contributed by atoms with Crippen LogP contribution in [0, 0.1) is 0 Å². The van der Waals surface area contributed by atoms with Crippen LogP contribution in [0.15, 0.2) is 38.7 Å². The molecule has 2 aromatic rings. The average molecular weight is 366 g/mol. The van der Waals surface area contributed by atoms with E-state index < -0.39 is 0 Å². The van der Waals surface area contributed by atoms with E-state index in [1.807, 2.05) is 18.4 Å². The van der Waals surface area contributed by atoms with Crippen LogP contribution in [0.5, 0.6) is 0 Å². The second kappa shape index (κ2) is 6.34. The fourth-order valence-electron chi connectivity index (χ4n) is 2.58. The third kappa shape index (κ3) is 3.39. The third-order valence-electron chi connectivity index (χ3n) is 3.61. The Kier molecular flexibility index (Phi) is 4.47. The van der Waals surface area contributed by atoms with Crippen LogP contribution in [-0.2, 0) is 19.5 Å². The summed E-state index contributed by atoms with van der Waals surface area (Å²) >= 11 is 4.97. The summed E-state index contributed by atoms with van der Waals surface area (Å²) in [4.78, 5) is 21.8. The lowest BCUT2D eigenvalue weighted by Crippen LogP contribution is -2.35. The minimum absolute atomic E-state index is 0.00305. The largest absolute Gasteiger partial charge is 0.301 e. The molecule has 0 saturated heterocycles. The lowest BCUT2D eigenvalue weighted by atomic mass is 10.1. The molecule has 2 heterocycles. The summed E-state index contributed by atoms with van der Waals surface area (Å²) in [6, 6.07) is 8.29. The maximum absolute atomic E-state index is 12.2. The van der Waals surface area contributed by atoms with Crippen LogP contribution in [0.3, 0.4) is 0 Å². The minimum Gasteiger partial charge on any atom is -0.301 e. The van der Waals surface area contributed by atoms with Gasteiger partial charge in [0.2, 0.25) is 0 Å². The van der Waals surface area contributed by atoms with Gasteiger partial charge in [-0.25, -0.2) is 4.98 Å². The van der Waals surface area contributed by atoms with Crippen LogP contribution in [0.1, 0.15) is 16.8 Å². The van der Waals surface area contributed by atoms with E-state index in [2.05, 4.69) is 42.9 Å². The first-order valence-electron chi connectivity index (χ1n) is 6.78. The molecule has 6 heteroatoms. The highest BCUT2D eigenvalue weighted by Gasteiger charge is 2.21. The highest BCUT2D eigenvalue weighted by Crippen LogP contribution is 2.19. The Hall–Kier alpha value is -1.11. The minimum atomic E-state index is 0.00305. The normalized spacial score (nSPS) is 15.0. The van der Waals surface area contributed by atoms with Gasteiger partial charge < -0.3 is 4.98 Å². The van der Waals surface area contributed by atoms with E-state index in [1.165, 1.54) is 17.3 Å². The van der Waals surface area contributed by atoms with Crippen molar-refractivity contribution in [2.45, 2.75) is 24.7 Å². The summed E-state index contributed by atoms with van der Waals surface area (Å²) in [6.45, 7) is 2.45. The molecule has 0 unspecified atom stereocenters. The number of nitrogens with zero attached hydrogens (tertiary/aromatic N) is 2. The van der Waals surface area contributed by atoms with E-state index in [0.29, 0.717) is 11.7 Å². The summed E-state index contributed by atoms with van der Waals surface area (Å²) in [7, 11) is 0. The van der Waals surface area contributed by atoms with Gasteiger partial charge in [-0.15, -0.1) is 0 Å². The Bertz CT molecular complexity index is 716.